The number of piperidine rings is 1. The Morgan fingerprint density at radius 1 is 1.36 bits per heavy atom. The van der Waals surface area contributed by atoms with Crippen LogP contribution in [0.1, 0.15) is 41.4 Å². The smallest absolute Gasteiger partial charge is 0.339 e. The molecule has 2 N–H and O–H groups in total. The number of aliphatic hydroxyl groups excluding tert-OH is 1. The van der Waals surface area contributed by atoms with Gasteiger partial charge in [-0.3, -0.25) is 0 Å². The van der Waals surface area contributed by atoms with Crippen molar-refractivity contribution in [1.29, 1.82) is 0 Å². The van der Waals surface area contributed by atoms with E-state index in [0.717, 1.165) is 36.4 Å². The zero-order chi connectivity index (χ0) is 18.0. The summed E-state index contributed by atoms with van der Waals surface area (Å²) in [7, 11) is 0. The van der Waals surface area contributed by atoms with Crippen molar-refractivity contribution in [2.75, 3.05) is 24.6 Å². The average molecular weight is 360 g/mol. The summed E-state index contributed by atoms with van der Waals surface area (Å²) in [6.07, 6.45) is 2.76. The topological polar surface area (TPSA) is 73.7 Å². The number of nitrogens with zero attached hydrogens (tertiary/aromatic N) is 2. The fraction of sp³-hybridized carbons (Fsp3) is 0.474. The zero-order valence-electron chi connectivity index (χ0n) is 14.7. The van der Waals surface area contributed by atoms with Gasteiger partial charge in [-0.15, -0.1) is 11.3 Å². The normalized spacial score (nSPS) is 20.7. The number of hydrogen-bond acceptors (Lipinski definition) is 5. The summed E-state index contributed by atoms with van der Waals surface area (Å²) in [6.45, 7) is 5.65. The molecule has 1 aliphatic rings. The molecule has 0 radical (unpaired) electrons. The zero-order valence-corrected chi connectivity index (χ0v) is 15.5. The molecule has 2 aromatic heterocycles. The fourth-order valence-electron chi connectivity index (χ4n) is 3.48. The molecule has 0 aromatic carbocycles. The minimum absolute atomic E-state index is 0.117. The molecule has 3 rings (SSSR count). The van der Waals surface area contributed by atoms with Crippen molar-refractivity contribution >= 4 is 23.1 Å². The largest absolute Gasteiger partial charge is 0.478 e. The Balaban J connectivity index is 2.02. The van der Waals surface area contributed by atoms with E-state index in [0.29, 0.717) is 12.4 Å². The van der Waals surface area contributed by atoms with Crippen molar-refractivity contribution in [3.8, 4) is 10.6 Å². The third-order valence-corrected chi connectivity index (χ3v) is 6.17. The number of aromatic nitrogens is 1. The van der Waals surface area contributed by atoms with Gasteiger partial charge in [0.15, 0.2) is 0 Å². The highest BCUT2D eigenvalue weighted by atomic mass is 32.1. The molecule has 1 fully saturated rings. The van der Waals surface area contributed by atoms with Gasteiger partial charge in [0.2, 0.25) is 0 Å². The second-order valence-electron chi connectivity index (χ2n) is 6.82. The molecular weight excluding hydrogens is 336 g/mol. The number of aryl methyl sites for hydroxylation is 1. The van der Waals surface area contributed by atoms with Crippen LogP contribution in [0.15, 0.2) is 24.3 Å². The van der Waals surface area contributed by atoms with Crippen LogP contribution in [0.4, 0.5) is 5.82 Å². The first-order valence-electron chi connectivity index (χ1n) is 8.65. The molecule has 1 aliphatic heterocycles. The molecule has 6 heteroatoms. The average Bonchev–Trinajstić information content (AvgIpc) is 3.07. The molecule has 134 valence electrons. The molecule has 0 aliphatic carbocycles. The predicted molar refractivity (Wildman–Crippen MR) is 101 cm³/mol. The highest BCUT2D eigenvalue weighted by Crippen LogP contribution is 2.36. The summed E-state index contributed by atoms with van der Waals surface area (Å²) in [5.41, 5.74) is 0.849. The Morgan fingerprint density at radius 2 is 2.16 bits per heavy atom. The third-order valence-electron chi connectivity index (χ3n) is 5.14. The molecule has 3 heterocycles. The van der Waals surface area contributed by atoms with Gasteiger partial charge in [-0.2, -0.15) is 0 Å². The van der Waals surface area contributed by atoms with Crippen molar-refractivity contribution in [2.24, 2.45) is 5.41 Å². The molecule has 25 heavy (non-hydrogen) atoms. The van der Waals surface area contributed by atoms with Gasteiger partial charge < -0.3 is 15.1 Å². The van der Waals surface area contributed by atoms with Gasteiger partial charge in [0.05, 0.1) is 17.2 Å². The Labute approximate surface area is 152 Å². The van der Waals surface area contributed by atoms with Gasteiger partial charge in [-0.25, -0.2) is 9.78 Å². The summed E-state index contributed by atoms with van der Waals surface area (Å²) < 4.78 is 0. The van der Waals surface area contributed by atoms with Gasteiger partial charge in [0, 0.05) is 23.4 Å². The third kappa shape index (κ3) is 3.55. The highest BCUT2D eigenvalue weighted by molar-refractivity contribution is 7.15. The monoisotopic (exact) mass is 360 g/mol. The van der Waals surface area contributed by atoms with E-state index in [4.69, 9.17) is 4.98 Å². The van der Waals surface area contributed by atoms with E-state index in [1.165, 1.54) is 4.88 Å². The van der Waals surface area contributed by atoms with Crippen LogP contribution in [0.5, 0.6) is 0 Å². The van der Waals surface area contributed by atoms with E-state index < -0.39 is 5.97 Å². The maximum absolute atomic E-state index is 11.7. The molecule has 1 saturated heterocycles. The van der Waals surface area contributed by atoms with Crippen molar-refractivity contribution in [1.82, 2.24) is 4.98 Å². The minimum atomic E-state index is -0.965. The lowest BCUT2D eigenvalue weighted by Gasteiger charge is -2.42. The first-order valence-corrected chi connectivity index (χ1v) is 9.46. The number of carboxylic acid groups (broad SMARTS) is 1. The lowest BCUT2D eigenvalue weighted by atomic mass is 9.78. The number of carboxylic acids is 1. The number of pyridine rings is 1. The second-order valence-corrected chi connectivity index (χ2v) is 8.11. The molecular formula is C19H24N2O3S. The van der Waals surface area contributed by atoms with E-state index in [1.54, 1.807) is 23.5 Å². The van der Waals surface area contributed by atoms with Crippen molar-refractivity contribution in [3.05, 3.63) is 34.7 Å². The van der Waals surface area contributed by atoms with Crippen LogP contribution >= 0.6 is 11.3 Å². The van der Waals surface area contributed by atoms with Crippen LogP contribution in [0.25, 0.3) is 10.6 Å². The van der Waals surface area contributed by atoms with Crippen LogP contribution < -0.4 is 4.90 Å². The lowest BCUT2D eigenvalue weighted by molar-refractivity contribution is 0.0696. The van der Waals surface area contributed by atoms with Crippen molar-refractivity contribution in [3.63, 3.8) is 0 Å². The standard InChI is InChI=1S/C19H24N2O3S/c1-3-19(12-22)9-4-10-21(11-19)17-14(18(23)24)6-7-15(20-17)16-8-5-13(2)25-16/h5-8,22H,3-4,9-12H2,1-2H3,(H,23,24)/t19-/m0/s1. The van der Waals surface area contributed by atoms with Crippen LogP contribution in [0.2, 0.25) is 0 Å². The number of carbonyl (C=O) groups is 1. The number of aromatic carboxylic acids is 1. The van der Waals surface area contributed by atoms with Gasteiger partial charge in [-0.1, -0.05) is 6.92 Å². The Morgan fingerprint density at radius 3 is 2.76 bits per heavy atom. The molecule has 5 nitrogen and oxygen atoms in total. The number of rotatable bonds is 5. The van der Waals surface area contributed by atoms with Crippen molar-refractivity contribution in [2.45, 2.75) is 33.1 Å². The Hall–Kier alpha value is -1.92. The van der Waals surface area contributed by atoms with E-state index in [9.17, 15) is 15.0 Å². The Kier molecular flexibility index (Phi) is 5.11. The summed E-state index contributed by atoms with van der Waals surface area (Å²) >= 11 is 1.65. The molecule has 1 atom stereocenters. The molecule has 0 amide bonds. The van der Waals surface area contributed by atoms with Crippen LogP contribution in [-0.2, 0) is 0 Å². The molecule has 0 unspecified atom stereocenters. The van der Waals surface area contributed by atoms with E-state index in [-0.39, 0.29) is 17.6 Å². The summed E-state index contributed by atoms with van der Waals surface area (Å²) in [4.78, 5) is 20.7. The van der Waals surface area contributed by atoms with Gasteiger partial charge in [-0.05, 0) is 50.5 Å². The van der Waals surface area contributed by atoms with E-state index in [1.807, 2.05) is 24.0 Å². The molecule has 0 bridgehead atoms. The van der Waals surface area contributed by atoms with Gasteiger partial charge in [0.1, 0.15) is 11.4 Å². The Bertz CT molecular complexity index is 768. The highest BCUT2D eigenvalue weighted by Gasteiger charge is 2.35. The van der Waals surface area contributed by atoms with Crippen LogP contribution in [0.3, 0.4) is 0 Å². The molecule has 0 saturated carbocycles. The van der Waals surface area contributed by atoms with Gasteiger partial charge >= 0.3 is 5.97 Å². The maximum atomic E-state index is 11.7. The summed E-state index contributed by atoms with van der Waals surface area (Å²) in [6, 6.07) is 7.49. The molecule has 2 aromatic rings. The SMILES string of the molecule is CC[C@]1(CO)CCCN(c2nc(-c3ccc(C)s3)ccc2C(=O)O)C1. The summed E-state index contributed by atoms with van der Waals surface area (Å²) in [5.74, 6) is -0.449. The number of anilines is 1. The summed E-state index contributed by atoms with van der Waals surface area (Å²) in [5, 5.41) is 19.5. The first kappa shape index (κ1) is 17.9. The van der Waals surface area contributed by atoms with E-state index >= 15 is 0 Å². The number of hydrogen-bond donors (Lipinski definition) is 2. The number of thiophene rings is 1. The van der Waals surface area contributed by atoms with Gasteiger partial charge in [0.25, 0.3) is 0 Å². The first-order chi connectivity index (χ1) is 12.0. The minimum Gasteiger partial charge on any atom is -0.478 e. The van der Waals surface area contributed by atoms with Crippen LogP contribution in [-0.4, -0.2) is 40.9 Å². The van der Waals surface area contributed by atoms with E-state index in [2.05, 4.69) is 6.92 Å². The van der Waals surface area contributed by atoms with Crippen molar-refractivity contribution < 1.29 is 15.0 Å². The lowest BCUT2D eigenvalue weighted by Crippen LogP contribution is -2.46. The fourth-order valence-corrected chi connectivity index (χ4v) is 4.32. The number of aliphatic hydroxyl groups is 1. The van der Waals surface area contributed by atoms with Crippen LogP contribution in [0, 0.1) is 12.3 Å². The quantitative estimate of drug-likeness (QED) is 0.848. The second kappa shape index (κ2) is 7.14. The maximum Gasteiger partial charge on any atom is 0.339 e. The molecule has 0 spiro atoms. The predicted octanol–water partition coefficient (Wildman–Crippen LogP) is 3.81.